The van der Waals surface area contributed by atoms with E-state index in [1.54, 1.807) is 11.8 Å². The zero-order valence-corrected chi connectivity index (χ0v) is 15.3. The van der Waals surface area contributed by atoms with Crippen molar-refractivity contribution in [2.24, 2.45) is 0 Å². The highest BCUT2D eigenvalue weighted by molar-refractivity contribution is 5.70. The van der Waals surface area contributed by atoms with Crippen molar-refractivity contribution in [1.29, 1.82) is 0 Å². The minimum atomic E-state index is -0.672. The average Bonchev–Trinajstić information content (AvgIpc) is 2.68. The Morgan fingerprint density at radius 2 is 1.91 bits per heavy atom. The molecule has 0 aliphatic carbocycles. The van der Waals surface area contributed by atoms with Crippen LogP contribution in [-0.2, 0) is 19.0 Å². The summed E-state index contributed by atoms with van der Waals surface area (Å²) in [6.07, 6.45) is 2.43. The number of ether oxygens (including phenoxy) is 3. The van der Waals surface area contributed by atoms with Crippen LogP contribution in [0, 0.1) is 0 Å². The third-order valence-corrected chi connectivity index (χ3v) is 3.64. The van der Waals surface area contributed by atoms with E-state index in [0.717, 1.165) is 19.3 Å². The summed E-state index contributed by atoms with van der Waals surface area (Å²) >= 11 is 0. The zero-order valence-electron chi connectivity index (χ0n) is 15.3. The van der Waals surface area contributed by atoms with Crippen LogP contribution in [0.5, 0.6) is 0 Å². The third kappa shape index (κ3) is 6.37. The van der Waals surface area contributed by atoms with Crippen LogP contribution in [0.2, 0.25) is 0 Å². The Kier molecular flexibility index (Phi) is 6.86. The van der Waals surface area contributed by atoms with Gasteiger partial charge in [-0.2, -0.15) is 0 Å². The number of hydrogen-bond acceptors (Lipinski definition) is 5. The molecule has 1 amide bonds. The van der Waals surface area contributed by atoms with Gasteiger partial charge in [-0.1, -0.05) is 6.42 Å². The lowest BCUT2D eigenvalue weighted by Gasteiger charge is -2.35. The lowest BCUT2D eigenvalue weighted by molar-refractivity contribution is -0.143. The molecule has 0 aromatic rings. The molecule has 0 aromatic heterocycles. The van der Waals surface area contributed by atoms with Gasteiger partial charge in [0.2, 0.25) is 0 Å². The molecule has 6 heteroatoms. The number of amides is 1. The highest BCUT2D eigenvalue weighted by Crippen LogP contribution is 2.31. The molecule has 0 saturated carbocycles. The van der Waals surface area contributed by atoms with Crippen LogP contribution in [-0.4, -0.2) is 47.5 Å². The van der Waals surface area contributed by atoms with E-state index in [0.29, 0.717) is 19.6 Å². The van der Waals surface area contributed by atoms with Crippen LogP contribution in [0.4, 0.5) is 4.79 Å². The summed E-state index contributed by atoms with van der Waals surface area (Å²) in [5.41, 5.74) is -1.21. The van der Waals surface area contributed by atoms with Gasteiger partial charge in [0, 0.05) is 6.42 Å². The van der Waals surface area contributed by atoms with Crippen molar-refractivity contribution in [1.82, 2.24) is 4.90 Å². The van der Waals surface area contributed by atoms with Crippen molar-refractivity contribution in [3.05, 3.63) is 0 Å². The highest BCUT2D eigenvalue weighted by atomic mass is 16.6. The van der Waals surface area contributed by atoms with Crippen molar-refractivity contribution in [3.8, 4) is 0 Å². The number of esters is 1. The molecule has 23 heavy (non-hydrogen) atoms. The minimum absolute atomic E-state index is 0.0259. The van der Waals surface area contributed by atoms with Crippen LogP contribution >= 0.6 is 0 Å². The van der Waals surface area contributed by atoms with E-state index < -0.39 is 11.3 Å². The first-order valence-electron chi connectivity index (χ1n) is 8.38. The van der Waals surface area contributed by atoms with E-state index in [4.69, 9.17) is 14.2 Å². The monoisotopic (exact) mass is 329 g/mol. The Bertz CT molecular complexity index is 414. The predicted molar refractivity (Wildman–Crippen MR) is 87.0 cm³/mol. The summed E-state index contributed by atoms with van der Waals surface area (Å²) in [6, 6.07) is -0.0259. The SMILES string of the molecule is CCOC(=O)CCCC[C@H]1COC(C)(C)N1C(=O)OC(C)(C)C. The number of hydrogen-bond donors (Lipinski definition) is 0. The standard InChI is InChI=1S/C17H31NO5/c1-7-21-14(19)11-9-8-10-13-12-22-17(5,6)18(13)15(20)23-16(2,3)4/h13H,7-12H2,1-6H3/t13-/m0/s1. The molecule has 0 aromatic carbocycles. The molecule has 1 fully saturated rings. The van der Waals surface area contributed by atoms with Gasteiger partial charge in [0.05, 0.1) is 19.3 Å². The number of nitrogens with zero attached hydrogens (tertiary/aromatic N) is 1. The molecule has 1 saturated heterocycles. The fourth-order valence-electron chi connectivity index (χ4n) is 2.66. The summed E-state index contributed by atoms with van der Waals surface area (Å²) in [6.45, 7) is 12.0. The van der Waals surface area contributed by atoms with Crippen molar-refractivity contribution in [2.75, 3.05) is 13.2 Å². The first kappa shape index (κ1) is 19.7. The highest BCUT2D eigenvalue weighted by Gasteiger charge is 2.45. The van der Waals surface area contributed by atoms with E-state index in [2.05, 4.69) is 0 Å². The smallest absolute Gasteiger partial charge is 0.412 e. The first-order valence-corrected chi connectivity index (χ1v) is 8.38. The van der Waals surface area contributed by atoms with Crippen molar-refractivity contribution in [2.45, 2.75) is 84.6 Å². The molecule has 1 aliphatic rings. The molecule has 134 valence electrons. The van der Waals surface area contributed by atoms with E-state index in [-0.39, 0.29) is 18.1 Å². The first-order chi connectivity index (χ1) is 10.6. The molecular formula is C17H31NO5. The topological polar surface area (TPSA) is 65.1 Å². The summed E-state index contributed by atoms with van der Waals surface area (Å²) < 4.78 is 16.2. The maximum absolute atomic E-state index is 12.5. The Balaban J connectivity index is 2.53. The Hall–Kier alpha value is -1.30. The molecule has 0 spiro atoms. The van der Waals surface area contributed by atoms with Crippen molar-refractivity contribution < 1.29 is 23.8 Å². The molecule has 0 unspecified atom stereocenters. The van der Waals surface area contributed by atoms with Crippen molar-refractivity contribution >= 4 is 12.1 Å². The fraction of sp³-hybridized carbons (Fsp3) is 0.882. The van der Waals surface area contributed by atoms with E-state index in [9.17, 15) is 9.59 Å². The van der Waals surface area contributed by atoms with E-state index in [1.165, 1.54) is 0 Å². The van der Waals surface area contributed by atoms with Gasteiger partial charge >= 0.3 is 12.1 Å². The lowest BCUT2D eigenvalue weighted by Crippen LogP contribution is -2.49. The van der Waals surface area contributed by atoms with Gasteiger partial charge in [-0.25, -0.2) is 4.79 Å². The molecule has 0 bridgehead atoms. The second-order valence-corrected chi connectivity index (χ2v) is 7.31. The maximum Gasteiger partial charge on any atom is 0.412 e. The van der Waals surface area contributed by atoms with Crippen LogP contribution in [0.25, 0.3) is 0 Å². The number of carbonyl (C=O) groups is 2. The Morgan fingerprint density at radius 3 is 2.48 bits per heavy atom. The van der Waals surface area contributed by atoms with E-state index in [1.807, 2.05) is 34.6 Å². The van der Waals surface area contributed by atoms with Crippen LogP contribution in [0.1, 0.15) is 67.2 Å². The molecule has 0 radical (unpaired) electrons. The second kappa shape index (κ2) is 7.99. The van der Waals surface area contributed by atoms with Gasteiger partial charge in [-0.05, 0) is 54.4 Å². The normalized spacial score (nSPS) is 20.4. The summed E-state index contributed by atoms with van der Waals surface area (Å²) in [5, 5.41) is 0. The molecule has 1 rings (SSSR count). The summed E-state index contributed by atoms with van der Waals surface area (Å²) in [4.78, 5) is 25.5. The molecule has 6 nitrogen and oxygen atoms in total. The van der Waals surface area contributed by atoms with Crippen LogP contribution < -0.4 is 0 Å². The second-order valence-electron chi connectivity index (χ2n) is 7.31. The van der Waals surface area contributed by atoms with Gasteiger partial charge in [-0.3, -0.25) is 9.69 Å². The maximum atomic E-state index is 12.5. The van der Waals surface area contributed by atoms with Gasteiger partial charge in [0.1, 0.15) is 11.3 Å². The van der Waals surface area contributed by atoms with Gasteiger partial charge < -0.3 is 14.2 Å². The van der Waals surface area contributed by atoms with E-state index >= 15 is 0 Å². The van der Waals surface area contributed by atoms with Gasteiger partial charge in [0.15, 0.2) is 0 Å². The lowest BCUT2D eigenvalue weighted by atomic mass is 10.1. The Labute approximate surface area is 139 Å². The zero-order chi connectivity index (χ0) is 17.7. The molecular weight excluding hydrogens is 298 g/mol. The quantitative estimate of drug-likeness (QED) is 0.551. The fourth-order valence-corrected chi connectivity index (χ4v) is 2.66. The Morgan fingerprint density at radius 1 is 1.26 bits per heavy atom. The van der Waals surface area contributed by atoms with Crippen LogP contribution in [0.15, 0.2) is 0 Å². The molecule has 1 atom stereocenters. The summed E-state index contributed by atoms with van der Waals surface area (Å²) in [5.74, 6) is -0.167. The van der Waals surface area contributed by atoms with Gasteiger partial charge in [-0.15, -0.1) is 0 Å². The minimum Gasteiger partial charge on any atom is -0.466 e. The number of carbonyl (C=O) groups excluding carboxylic acids is 2. The molecule has 1 heterocycles. The predicted octanol–water partition coefficient (Wildman–Crippen LogP) is 3.48. The van der Waals surface area contributed by atoms with Crippen molar-refractivity contribution in [3.63, 3.8) is 0 Å². The average molecular weight is 329 g/mol. The largest absolute Gasteiger partial charge is 0.466 e. The van der Waals surface area contributed by atoms with Gasteiger partial charge in [0.25, 0.3) is 0 Å². The number of unbranched alkanes of at least 4 members (excludes halogenated alkanes) is 1. The number of rotatable bonds is 6. The van der Waals surface area contributed by atoms with Crippen LogP contribution in [0.3, 0.4) is 0 Å². The summed E-state index contributed by atoms with van der Waals surface area (Å²) in [7, 11) is 0. The third-order valence-electron chi connectivity index (χ3n) is 3.64. The molecule has 1 aliphatic heterocycles. The molecule has 0 N–H and O–H groups in total.